The number of nitrogens with zero attached hydrogens (tertiary/aromatic N) is 2. The molecule has 1 aromatic carbocycles. The first kappa shape index (κ1) is 17.7. The quantitative estimate of drug-likeness (QED) is 0.821. The summed E-state index contributed by atoms with van der Waals surface area (Å²) in [5.74, 6) is 1.01. The summed E-state index contributed by atoms with van der Waals surface area (Å²) in [4.78, 5) is 29.4. The zero-order chi connectivity index (χ0) is 18.4. The molecule has 1 saturated heterocycles. The highest BCUT2D eigenvalue weighted by Crippen LogP contribution is 2.23. The minimum atomic E-state index is -0.223. The van der Waals surface area contributed by atoms with Crippen molar-refractivity contribution in [1.29, 1.82) is 0 Å². The summed E-state index contributed by atoms with van der Waals surface area (Å²) < 4.78 is 10.5. The summed E-state index contributed by atoms with van der Waals surface area (Å²) in [6, 6.07) is 10.8. The molecule has 0 unspecified atom stereocenters. The number of anilines is 1. The van der Waals surface area contributed by atoms with Crippen LogP contribution in [-0.2, 0) is 16.1 Å². The zero-order valence-corrected chi connectivity index (χ0v) is 14.6. The summed E-state index contributed by atoms with van der Waals surface area (Å²) >= 11 is 0. The second-order valence-corrected chi connectivity index (χ2v) is 5.91. The summed E-state index contributed by atoms with van der Waals surface area (Å²) in [7, 11) is 1.55. The third-order valence-corrected chi connectivity index (χ3v) is 4.09. The molecule has 26 heavy (non-hydrogen) atoms. The molecule has 1 N–H and O–H groups in total. The lowest BCUT2D eigenvalue weighted by Crippen LogP contribution is -2.28. The van der Waals surface area contributed by atoms with E-state index in [0.717, 1.165) is 24.2 Å². The molecule has 0 bridgehead atoms. The van der Waals surface area contributed by atoms with Crippen LogP contribution in [0.5, 0.6) is 11.6 Å². The maximum absolute atomic E-state index is 11.9. The number of methoxy groups -OCH3 is 1. The second kappa shape index (κ2) is 8.33. The van der Waals surface area contributed by atoms with E-state index in [2.05, 4.69) is 10.3 Å². The van der Waals surface area contributed by atoms with Crippen molar-refractivity contribution >= 4 is 17.5 Å². The van der Waals surface area contributed by atoms with Gasteiger partial charge in [0.15, 0.2) is 6.61 Å². The Labute approximate surface area is 151 Å². The van der Waals surface area contributed by atoms with Gasteiger partial charge in [-0.2, -0.15) is 0 Å². The van der Waals surface area contributed by atoms with Gasteiger partial charge in [0.1, 0.15) is 5.75 Å². The van der Waals surface area contributed by atoms with Gasteiger partial charge in [-0.15, -0.1) is 0 Å². The van der Waals surface area contributed by atoms with Gasteiger partial charge in [-0.05, 0) is 42.3 Å². The summed E-state index contributed by atoms with van der Waals surface area (Å²) in [5, 5.41) is 2.78. The van der Waals surface area contributed by atoms with Gasteiger partial charge >= 0.3 is 0 Å². The standard InChI is InChI=1S/C19H21N3O4/c1-25-18-11-14(8-9-20-18)12-21-17(23)13-26-16-6-4-15(5-7-16)22-10-2-3-19(22)24/h4-9,11H,2-3,10,12-13H2,1H3,(H,21,23). The first-order valence-corrected chi connectivity index (χ1v) is 8.44. The van der Waals surface area contributed by atoms with Crippen LogP contribution >= 0.6 is 0 Å². The van der Waals surface area contributed by atoms with E-state index in [0.29, 0.717) is 24.6 Å². The Bertz CT molecular complexity index is 777. The van der Waals surface area contributed by atoms with Crippen LogP contribution in [0.15, 0.2) is 42.6 Å². The molecule has 136 valence electrons. The number of ether oxygens (including phenoxy) is 2. The Morgan fingerprint density at radius 2 is 2.08 bits per heavy atom. The van der Waals surface area contributed by atoms with E-state index in [1.165, 1.54) is 0 Å². The number of pyridine rings is 1. The van der Waals surface area contributed by atoms with Gasteiger partial charge in [0.05, 0.1) is 7.11 Å². The monoisotopic (exact) mass is 355 g/mol. The Morgan fingerprint density at radius 1 is 1.27 bits per heavy atom. The highest BCUT2D eigenvalue weighted by atomic mass is 16.5. The van der Waals surface area contributed by atoms with E-state index < -0.39 is 0 Å². The largest absolute Gasteiger partial charge is 0.484 e. The average Bonchev–Trinajstić information content (AvgIpc) is 3.11. The maximum atomic E-state index is 11.9. The molecule has 7 heteroatoms. The molecule has 1 fully saturated rings. The number of benzene rings is 1. The molecule has 7 nitrogen and oxygen atoms in total. The number of hydrogen-bond donors (Lipinski definition) is 1. The molecular formula is C19H21N3O4. The van der Waals surface area contributed by atoms with Gasteiger partial charge in [0.25, 0.3) is 5.91 Å². The van der Waals surface area contributed by atoms with Crippen molar-refractivity contribution < 1.29 is 19.1 Å². The van der Waals surface area contributed by atoms with Gasteiger partial charge < -0.3 is 19.7 Å². The molecular weight excluding hydrogens is 334 g/mol. The lowest BCUT2D eigenvalue weighted by atomic mass is 10.2. The molecule has 0 radical (unpaired) electrons. The van der Waals surface area contributed by atoms with E-state index in [4.69, 9.17) is 9.47 Å². The van der Waals surface area contributed by atoms with Crippen molar-refractivity contribution in [2.45, 2.75) is 19.4 Å². The number of hydrogen-bond acceptors (Lipinski definition) is 5. The van der Waals surface area contributed by atoms with Crippen molar-refractivity contribution in [3.05, 3.63) is 48.2 Å². The summed E-state index contributed by atoms with van der Waals surface area (Å²) in [6.07, 6.45) is 3.12. The maximum Gasteiger partial charge on any atom is 0.258 e. The lowest BCUT2D eigenvalue weighted by molar-refractivity contribution is -0.123. The molecule has 2 heterocycles. The van der Waals surface area contributed by atoms with E-state index in [-0.39, 0.29) is 18.4 Å². The van der Waals surface area contributed by atoms with Gasteiger partial charge in [0.2, 0.25) is 11.8 Å². The Morgan fingerprint density at radius 3 is 2.77 bits per heavy atom. The molecule has 0 spiro atoms. The van der Waals surface area contributed by atoms with Crippen LogP contribution in [0.1, 0.15) is 18.4 Å². The van der Waals surface area contributed by atoms with Crippen LogP contribution in [0.3, 0.4) is 0 Å². The topological polar surface area (TPSA) is 80.8 Å². The van der Waals surface area contributed by atoms with Crippen LogP contribution in [0.25, 0.3) is 0 Å². The average molecular weight is 355 g/mol. The fraction of sp³-hybridized carbons (Fsp3) is 0.316. The Hall–Kier alpha value is -3.09. The molecule has 2 aromatic rings. The van der Waals surface area contributed by atoms with Crippen LogP contribution in [0, 0.1) is 0 Å². The zero-order valence-electron chi connectivity index (χ0n) is 14.6. The van der Waals surface area contributed by atoms with E-state index in [9.17, 15) is 9.59 Å². The van der Waals surface area contributed by atoms with E-state index >= 15 is 0 Å². The first-order valence-electron chi connectivity index (χ1n) is 8.44. The third-order valence-electron chi connectivity index (χ3n) is 4.09. The van der Waals surface area contributed by atoms with Crippen molar-refractivity contribution in [3.63, 3.8) is 0 Å². The fourth-order valence-electron chi connectivity index (χ4n) is 2.72. The summed E-state index contributed by atoms with van der Waals surface area (Å²) in [5.41, 5.74) is 1.75. The normalized spacial score (nSPS) is 13.6. The number of nitrogens with one attached hydrogen (secondary N) is 1. The van der Waals surface area contributed by atoms with E-state index in [1.807, 2.05) is 18.2 Å². The first-order chi connectivity index (χ1) is 12.7. The Balaban J connectivity index is 1.46. The van der Waals surface area contributed by atoms with Crippen LogP contribution in [0.2, 0.25) is 0 Å². The predicted octanol–water partition coefficient (Wildman–Crippen LogP) is 1.91. The smallest absolute Gasteiger partial charge is 0.258 e. The molecule has 0 atom stereocenters. The Kier molecular flexibility index (Phi) is 5.68. The second-order valence-electron chi connectivity index (χ2n) is 5.91. The summed E-state index contributed by atoms with van der Waals surface area (Å²) in [6.45, 7) is 1.04. The van der Waals surface area contributed by atoms with Gasteiger partial charge in [-0.25, -0.2) is 4.98 Å². The number of amides is 2. The fourth-order valence-corrected chi connectivity index (χ4v) is 2.72. The molecule has 1 aliphatic heterocycles. The SMILES string of the molecule is COc1cc(CNC(=O)COc2ccc(N3CCCC3=O)cc2)ccn1. The molecule has 1 aliphatic rings. The molecule has 3 rings (SSSR count). The van der Waals surface area contributed by atoms with Gasteiger partial charge in [-0.1, -0.05) is 0 Å². The van der Waals surface area contributed by atoms with Crippen LogP contribution in [-0.4, -0.2) is 37.1 Å². The van der Waals surface area contributed by atoms with Crippen LogP contribution in [0.4, 0.5) is 5.69 Å². The van der Waals surface area contributed by atoms with Gasteiger partial charge in [0, 0.05) is 37.5 Å². The van der Waals surface area contributed by atoms with Crippen molar-refractivity contribution in [2.24, 2.45) is 0 Å². The molecule has 0 saturated carbocycles. The number of carbonyl (C=O) groups excluding carboxylic acids is 2. The molecule has 1 aromatic heterocycles. The van der Waals surface area contributed by atoms with Crippen molar-refractivity contribution in [1.82, 2.24) is 10.3 Å². The highest BCUT2D eigenvalue weighted by molar-refractivity contribution is 5.95. The van der Waals surface area contributed by atoms with Crippen LogP contribution < -0.4 is 19.7 Å². The third kappa shape index (κ3) is 4.50. The minimum Gasteiger partial charge on any atom is -0.484 e. The predicted molar refractivity (Wildman–Crippen MR) is 96.2 cm³/mol. The number of carbonyl (C=O) groups is 2. The number of aromatic nitrogens is 1. The minimum absolute atomic E-state index is 0.0792. The number of rotatable bonds is 7. The lowest BCUT2D eigenvalue weighted by Gasteiger charge is -2.16. The van der Waals surface area contributed by atoms with Gasteiger partial charge in [-0.3, -0.25) is 9.59 Å². The van der Waals surface area contributed by atoms with E-state index in [1.54, 1.807) is 36.4 Å². The molecule has 0 aliphatic carbocycles. The van der Waals surface area contributed by atoms with Crippen molar-refractivity contribution in [2.75, 3.05) is 25.2 Å². The van der Waals surface area contributed by atoms with Crippen molar-refractivity contribution in [3.8, 4) is 11.6 Å². The molecule has 2 amide bonds. The highest BCUT2D eigenvalue weighted by Gasteiger charge is 2.21.